The first-order chi connectivity index (χ1) is 58.7. The Bertz CT molecular complexity index is 4100. The molecule has 0 radical (unpaired) electrons. The SMILES string of the molecule is CCOP(=O)([O-])Oc1c(C(C)(C)C)cc(C)cc1C(C)(C)C.CCOP(=O)([O-])Oc1c(C(C)(C)C)cc(C)cc1C(C)(C)C.CCOP(=O)([O-])Oc1c(C(C)(C)C)cc(C)cc1C(C)(C)C.CCOP(=O)([O-])Oc1c(C(C)(C)C)cc(C)cc1C(C)(C)C.CCOP(=O)([O-])Oc1c(C(C)(C)C)cc(C)cc1C(C)(C)C.CCOP(=O)([O-])Oc1c(C(C)(C)C)cc(C)cc1C(C)(C)C.[La+3].[La+3]. The molecule has 24 nitrogen and oxygen atoms in total. The van der Waals surface area contributed by atoms with E-state index in [1.54, 1.807) is 41.5 Å². The van der Waals surface area contributed by atoms with Crippen molar-refractivity contribution in [3.05, 3.63) is 173 Å². The molecule has 6 atom stereocenters. The van der Waals surface area contributed by atoms with Gasteiger partial charge >= 0.3 is 118 Å². The molecular formula is C102H168La2O24P6. The molecule has 0 bridgehead atoms. The number of aryl methyl sites for hydroxylation is 6. The minimum absolute atomic E-state index is 0. The second-order valence-electron chi connectivity index (χ2n) is 45.9. The van der Waals surface area contributed by atoms with E-state index in [2.05, 4.69) is 0 Å². The van der Waals surface area contributed by atoms with Gasteiger partial charge in [-0.05, 0) is 148 Å². The van der Waals surface area contributed by atoms with Crippen molar-refractivity contribution in [3.8, 4) is 34.5 Å². The van der Waals surface area contributed by atoms with Crippen molar-refractivity contribution in [2.75, 3.05) is 39.6 Å². The molecule has 0 saturated carbocycles. The molecule has 6 aromatic carbocycles. The monoisotopic (exact) mass is 2240 g/mol. The minimum Gasteiger partial charge on any atom is -0.746 e. The van der Waals surface area contributed by atoms with Gasteiger partial charge in [0, 0.05) is 66.8 Å². The minimum atomic E-state index is -4.37. The standard InChI is InChI=1S/6C17H29O4P.2La/c6*1-9-20-22(18,19)21-15-13(16(3,4)5)10-12(2)11-14(15)17(6,7)8;;/h6*10-11H,9H2,1-8H3,(H,18,19);;/q;;;;;;2*+3/p-6. The van der Waals surface area contributed by atoms with Crippen LogP contribution in [0.2, 0.25) is 0 Å². The molecule has 6 rings (SSSR count). The van der Waals surface area contributed by atoms with Crippen LogP contribution in [0.1, 0.15) is 391 Å². The maximum Gasteiger partial charge on any atom is 3.00 e. The van der Waals surface area contributed by atoms with Crippen LogP contribution in [-0.2, 0) is 120 Å². The summed E-state index contributed by atoms with van der Waals surface area (Å²) < 4.78 is 133. The van der Waals surface area contributed by atoms with Gasteiger partial charge in [0.15, 0.2) is 0 Å². The summed E-state index contributed by atoms with van der Waals surface area (Å²) in [6, 6.07) is 23.8. The maximum atomic E-state index is 12.0. The van der Waals surface area contributed by atoms with E-state index in [1.165, 1.54) is 0 Å². The molecule has 0 amide bonds. The Morgan fingerprint density at radius 1 is 0.179 bits per heavy atom. The molecule has 6 aromatic rings. The number of phosphoric ester groups is 6. The number of hydrogen-bond acceptors (Lipinski definition) is 24. The van der Waals surface area contributed by atoms with Crippen LogP contribution < -0.4 is 56.5 Å². The Labute approximate surface area is 865 Å². The fourth-order valence-electron chi connectivity index (χ4n) is 13.7. The zero-order valence-electron chi connectivity index (χ0n) is 90.8. The van der Waals surface area contributed by atoms with Gasteiger partial charge in [-0.15, -0.1) is 0 Å². The van der Waals surface area contributed by atoms with Crippen LogP contribution in [0.5, 0.6) is 34.5 Å². The molecule has 0 spiro atoms. The van der Waals surface area contributed by atoms with E-state index in [1.807, 2.05) is 364 Å². The summed E-state index contributed by atoms with van der Waals surface area (Å²) in [5.74, 6) is 2.40. The van der Waals surface area contributed by atoms with Gasteiger partial charge in [0.05, 0.1) is 39.6 Å². The largest absolute Gasteiger partial charge is 3.00 e. The van der Waals surface area contributed by atoms with Gasteiger partial charge in [-0.3, -0.25) is 27.4 Å². The first-order valence-corrected chi connectivity index (χ1v) is 54.3. The summed E-state index contributed by atoms with van der Waals surface area (Å²) in [7, 11) is -26.2. The Morgan fingerprint density at radius 3 is 0.299 bits per heavy atom. The third-order valence-corrected chi connectivity index (χ3v) is 25.9. The predicted octanol–water partition coefficient (Wildman–Crippen LogP) is 26.8. The van der Waals surface area contributed by atoms with Gasteiger partial charge in [0.2, 0.25) is 0 Å². The third kappa shape index (κ3) is 44.3. The molecule has 0 aromatic heterocycles. The van der Waals surface area contributed by atoms with Crippen molar-refractivity contribution in [2.45, 2.75) is 397 Å². The Balaban J connectivity index is 0. The van der Waals surface area contributed by atoms with Gasteiger partial charge in [-0.2, -0.15) is 0 Å². The van der Waals surface area contributed by atoms with Crippen molar-refractivity contribution >= 4 is 46.9 Å². The molecule has 0 fully saturated rings. The number of benzene rings is 6. The zero-order chi connectivity index (χ0) is 104. The molecule has 0 aliphatic carbocycles. The van der Waals surface area contributed by atoms with E-state index in [4.69, 9.17) is 54.3 Å². The second kappa shape index (κ2) is 50.8. The van der Waals surface area contributed by atoms with Crippen molar-refractivity contribution in [2.24, 2.45) is 0 Å². The Kier molecular flexibility index (Phi) is 50.6. The average Bonchev–Trinajstić information content (AvgIpc) is 0.798. The van der Waals surface area contributed by atoms with Crippen LogP contribution in [0.4, 0.5) is 0 Å². The summed E-state index contributed by atoms with van der Waals surface area (Å²) in [4.78, 5) is 72.2. The molecular weight excluding hydrogens is 2070 g/mol. The molecule has 0 saturated heterocycles. The van der Waals surface area contributed by atoms with Gasteiger partial charge in [-0.25, -0.2) is 0 Å². The molecule has 6 unspecified atom stereocenters. The van der Waals surface area contributed by atoms with E-state index in [-0.39, 0.29) is 176 Å². The van der Waals surface area contributed by atoms with Crippen LogP contribution in [0.25, 0.3) is 0 Å². The summed E-state index contributed by atoms with van der Waals surface area (Å²) in [5, 5.41) is 0. The number of hydrogen-bond donors (Lipinski definition) is 0. The summed E-state index contributed by atoms with van der Waals surface area (Å²) in [6.07, 6.45) is 0. The van der Waals surface area contributed by atoms with E-state index >= 15 is 0 Å². The van der Waals surface area contributed by atoms with E-state index < -0.39 is 46.9 Å². The first kappa shape index (κ1) is 133. The maximum absolute atomic E-state index is 12.0. The zero-order valence-corrected chi connectivity index (χ0v) is 103. The fraction of sp³-hybridized carbons (Fsp3) is 0.647. The van der Waals surface area contributed by atoms with Gasteiger partial charge < -0.3 is 83.6 Å². The Morgan fingerprint density at radius 2 is 0.246 bits per heavy atom. The van der Waals surface area contributed by atoms with Gasteiger partial charge in [0.25, 0.3) is 0 Å². The number of rotatable bonds is 24. The molecule has 0 heterocycles. The van der Waals surface area contributed by atoms with Crippen molar-refractivity contribution < 1.29 is 182 Å². The summed E-state index contributed by atoms with van der Waals surface area (Å²) >= 11 is 0. The van der Waals surface area contributed by atoms with Gasteiger partial charge in [-0.1, -0.05) is 355 Å². The fourth-order valence-corrected chi connectivity index (χ4v) is 18.4. The van der Waals surface area contributed by atoms with Crippen LogP contribution in [0, 0.1) is 113 Å². The van der Waals surface area contributed by atoms with E-state index in [0.29, 0.717) is 34.5 Å². The van der Waals surface area contributed by atoms with Crippen LogP contribution in [-0.4, -0.2) is 39.6 Å². The molecule has 134 heavy (non-hydrogen) atoms. The summed E-state index contributed by atoms with van der Waals surface area (Å²) in [6.45, 7) is 95.5. The topological polar surface area (TPSA) is 352 Å². The predicted molar refractivity (Wildman–Crippen MR) is 531 cm³/mol. The Hall–Kier alpha value is -2.59. The normalized spacial score (nSPS) is 15.3. The second-order valence-corrected chi connectivity index (χ2v) is 53.9. The van der Waals surface area contributed by atoms with Crippen LogP contribution >= 0.6 is 46.9 Å². The molecule has 756 valence electrons. The van der Waals surface area contributed by atoms with E-state index in [0.717, 1.165) is 100 Å². The van der Waals surface area contributed by atoms with Crippen molar-refractivity contribution in [1.29, 1.82) is 0 Å². The average molecular weight is 2240 g/mol. The summed E-state index contributed by atoms with van der Waals surface area (Å²) in [5.41, 5.74) is 14.0. The third-order valence-electron chi connectivity index (χ3n) is 20.0. The van der Waals surface area contributed by atoms with Crippen molar-refractivity contribution in [3.63, 3.8) is 0 Å². The smallest absolute Gasteiger partial charge is 0.746 e. The van der Waals surface area contributed by atoms with E-state index in [9.17, 15) is 56.8 Å². The first-order valence-electron chi connectivity index (χ1n) is 45.5. The molecule has 0 aliphatic rings. The number of phosphoric acid groups is 6. The van der Waals surface area contributed by atoms with Crippen LogP contribution in [0.15, 0.2) is 72.8 Å². The molecule has 0 N–H and O–H groups in total. The van der Waals surface area contributed by atoms with Crippen LogP contribution in [0.3, 0.4) is 0 Å². The molecule has 0 aliphatic heterocycles. The van der Waals surface area contributed by atoms with Crippen molar-refractivity contribution in [1.82, 2.24) is 0 Å². The van der Waals surface area contributed by atoms with Gasteiger partial charge in [0.1, 0.15) is 34.5 Å². The molecule has 32 heteroatoms. The quantitative estimate of drug-likeness (QED) is 0.0508.